The van der Waals surface area contributed by atoms with E-state index in [1.165, 1.54) is 12.1 Å². The number of nitrogens with one attached hydrogen (secondary N) is 1. The third-order valence-electron chi connectivity index (χ3n) is 3.58. The van der Waals surface area contributed by atoms with Gasteiger partial charge < -0.3 is 10.1 Å². The van der Waals surface area contributed by atoms with E-state index in [0.29, 0.717) is 5.41 Å². The van der Waals surface area contributed by atoms with E-state index in [4.69, 9.17) is 4.74 Å². The summed E-state index contributed by atoms with van der Waals surface area (Å²) in [6, 6.07) is 6.14. The number of hydrogen-bond donors (Lipinski definition) is 1. The molecule has 2 rings (SSSR count). The third-order valence-corrected chi connectivity index (χ3v) is 3.58. The monoisotopic (exact) mass is 234 g/mol. The molecule has 3 heteroatoms. The Balaban J connectivity index is 1.89. The van der Waals surface area contributed by atoms with Crippen LogP contribution in [0, 0.1) is 5.41 Å². The summed E-state index contributed by atoms with van der Waals surface area (Å²) in [7, 11) is 0. The van der Waals surface area contributed by atoms with Gasteiger partial charge in [-0.3, -0.25) is 4.98 Å². The molecule has 3 nitrogen and oxygen atoms in total. The normalized spacial score (nSPS) is 24.1. The lowest BCUT2D eigenvalue weighted by atomic mass is 9.82. The summed E-state index contributed by atoms with van der Waals surface area (Å²) in [4.78, 5) is 4.39. The minimum absolute atomic E-state index is 0.327. The quantitative estimate of drug-likeness (QED) is 0.818. The Morgan fingerprint density at radius 1 is 1.47 bits per heavy atom. The van der Waals surface area contributed by atoms with Gasteiger partial charge in [-0.05, 0) is 44.9 Å². The topological polar surface area (TPSA) is 34.1 Å². The standard InChI is InChI=1S/C14H22N2O/c1-2-17-12-14(8-10-15-11-14)7-6-13-5-3-4-9-16-13/h3-5,9,15H,2,6-8,10-12H2,1H3/t14-/m1/s1. The maximum absolute atomic E-state index is 5.65. The lowest BCUT2D eigenvalue weighted by molar-refractivity contribution is 0.0562. The van der Waals surface area contributed by atoms with Gasteiger partial charge in [0.25, 0.3) is 0 Å². The van der Waals surface area contributed by atoms with E-state index in [-0.39, 0.29) is 0 Å². The molecule has 1 fully saturated rings. The first-order chi connectivity index (χ1) is 8.35. The Morgan fingerprint density at radius 2 is 2.41 bits per heavy atom. The largest absolute Gasteiger partial charge is 0.381 e. The van der Waals surface area contributed by atoms with Crippen LogP contribution in [0.2, 0.25) is 0 Å². The van der Waals surface area contributed by atoms with Gasteiger partial charge in [-0.1, -0.05) is 6.07 Å². The van der Waals surface area contributed by atoms with Crippen molar-refractivity contribution in [2.75, 3.05) is 26.3 Å². The number of aromatic nitrogens is 1. The van der Waals surface area contributed by atoms with Crippen molar-refractivity contribution in [1.29, 1.82) is 0 Å². The average molecular weight is 234 g/mol. The van der Waals surface area contributed by atoms with Crippen LogP contribution in [0.25, 0.3) is 0 Å². The first kappa shape index (κ1) is 12.5. The Labute approximate surface area is 104 Å². The van der Waals surface area contributed by atoms with Gasteiger partial charge in [0.1, 0.15) is 0 Å². The van der Waals surface area contributed by atoms with Crippen LogP contribution in [0.5, 0.6) is 0 Å². The number of aryl methyl sites for hydroxylation is 1. The van der Waals surface area contributed by atoms with Crippen molar-refractivity contribution in [1.82, 2.24) is 10.3 Å². The van der Waals surface area contributed by atoms with Crippen LogP contribution in [-0.2, 0) is 11.2 Å². The molecule has 1 aromatic heterocycles. The van der Waals surface area contributed by atoms with Gasteiger partial charge in [-0.2, -0.15) is 0 Å². The smallest absolute Gasteiger partial charge is 0.0535 e. The summed E-state index contributed by atoms with van der Waals surface area (Å²) in [6.07, 6.45) is 5.31. The zero-order valence-electron chi connectivity index (χ0n) is 10.6. The molecule has 1 aliphatic rings. The highest BCUT2D eigenvalue weighted by Crippen LogP contribution is 2.31. The number of nitrogens with zero attached hydrogens (tertiary/aromatic N) is 1. The van der Waals surface area contributed by atoms with Crippen molar-refractivity contribution in [2.45, 2.75) is 26.2 Å². The molecule has 1 aliphatic heterocycles. The third kappa shape index (κ3) is 3.51. The van der Waals surface area contributed by atoms with Crippen molar-refractivity contribution in [2.24, 2.45) is 5.41 Å². The second-order valence-corrected chi connectivity index (χ2v) is 4.88. The SMILES string of the molecule is CCOC[C@]1(CCc2ccccn2)CCNC1. The summed E-state index contributed by atoms with van der Waals surface area (Å²) >= 11 is 0. The van der Waals surface area contributed by atoms with Crippen LogP contribution >= 0.6 is 0 Å². The summed E-state index contributed by atoms with van der Waals surface area (Å²) in [5.74, 6) is 0. The van der Waals surface area contributed by atoms with Crippen molar-refractivity contribution >= 4 is 0 Å². The van der Waals surface area contributed by atoms with Crippen LogP contribution in [0.3, 0.4) is 0 Å². The van der Waals surface area contributed by atoms with Crippen LogP contribution in [0.4, 0.5) is 0 Å². The zero-order chi connectivity index (χ0) is 12.0. The van der Waals surface area contributed by atoms with Crippen molar-refractivity contribution in [3.63, 3.8) is 0 Å². The van der Waals surface area contributed by atoms with Gasteiger partial charge in [0, 0.05) is 30.5 Å². The Morgan fingerprint density at radius 3 is 3.06 bits per heavy atom. The van der Waals surface area contributed by atoms with E-state index in [0.717, 1.165) is 39.1 Å². The summed E-state index contributed by atoms with van der Waals surface area (Å²) in [6.45, 7) is 5.96. The first-order valence-electron chi connectivity index (χ1n) is 6.53. The number of ether oxygens (including phenoxy) is 1. The van der Waals surface area contributed by atoms with Gasteiger partial charge >= 0.3 is 0 Å². The van der Waals surface area contributed by atoms with Crippen LogP contribution < -0.4 is 5.32 Å². The van der Waals surface area contributed by atoms with Crippen LogP contribution in [0.15, 0.2) is 24.4 Å². The molecule has 1 N–H and O–H groups in total. The van der Waals surface area contributed by atoms with E-state index in [1.807, 2.05) is 12.3 Å². The number of hydrogen-bond acceptors (Lipinski definition) is 3. The molecular weight excluding hydrogens is 212 g/mol. The fraction of sp³-hybridized carbons (Fsp3) is 0.643. The number of pyridine rings is 1. The predicted octanol–water partition coefficient (Wildman–Crippen LogP) is 2.03. The fourth-order valence-corrected chi connectivity index (χ4v) is 2.46. The van der Waals surface area contributed by atoms with E-state index >= 15 is 0 Å². The van der Waals surface area contributed by atoms with Gasteiger partial charge in [0.15, 0.2) is 0 Å². The Kier molecular flexibility index (Phi) is 4.51. The predicted molar refractivity (Wildman–Crippen MR) is 69.0 cm³/mol. The average Bonchev–Trinajstić information content (AvgIpc) is 2.85. The molecule has 17 heavy (non-hydrogen) atoms. The number of rotatable bonds is 6. The Bertz CT molecular complexity index is 320. The second kappa shape index (κ2) is 6.12. The van der Waals surface area contributed by atoms with Gasteiger partial charge in [-0.25, -0.2) is 0 Å². The molecule has 0 aromatic carbocycles. The molecule has 0 bridgehead atoms. The van der Waals surface area contributed by atoms with E-state index < -0.39 is 0 Å². The fourth-order valence-electron chi connectivity index (χ4n) is 2.46. The highest BCUT2D eigenvalue weighted by molar-refractivity contribution is 5.04. The molecule has 0 aliphatic carbocycles. The molecule has 94 valence electrons. The van der Waals surface area contributed by atoms with E-state index in [2.05, 4.69) is 29.4 Å². The summed E-state index contributed by atoms with van der Waals surface area (Å²) in [5, 5.41) is 3.46. The Hall–Kier alpha value is -0.930. The summed E-state index contributed by atoms with van der Waals surface area (Å²) in [5.41, 5.74) is 1.52. The van der Waals surface area contributed by atoms with Crippen molar-refractivity contribution in [3.05, 3.63) is 30.1 Å². The molecule has 0 spiro atoms. The molecule has 2 heterocycles. The minimum Gasteiger partial charge on any atom is -0.381 e. The lowest BCUT2D eigenvalue weighted by Gasteiger charge is -2.27. The maximum Gasteiger partial charge on any atom is 0.0535 e. The first-order valence-corrected chi connectivity index (χ1v) is 6.53. The van der Waals surface area contributed by atoms with Crippen LogP contribution in [0.1, 0.15) is 25.5 Å². The lowest BCUT2D eigenvalue weighted by Crippen LogP contribution is -2.30. The molecule has 1 atom stereocenters. The summed E-state index contributed by atoms with van der Waals surface area (Å²) < 4.78 is 5.65. The van der Waals surface area contributed by atoms with E-state index in [1.54, 1.807) is 0 Å². The highest BCUT2D eigenvalue weighted by Gasteiger charge is 2.33. The molecule has 0 amide bonds. The van der Waals surface area contributed by atoms with Gasteiger partial charge in [0.05, 0.1) is 6.61 Å². The van der Waals surface area contributed by atoms with Crippen molar-refractivity contribution in [3.8, 4) is 0 Å². The highest BCUT2D eigenvalue weighted by atomic mass is 16.5. The maximum atomic E-state index is 5.65. The van der Waals surface area contributed by atoms with E-state index in [9.17, 15) is 0 Å². The molecule has 0 unspecified atom stereocenters. The minimum atomic E-state index is 0.327. The molecular formula is C14H22N2O. The molecule has 0 radical (unpaired) electrons. The second-order valence-electron chi connectivity index (χ2n) is 4.88. The van der Waals surface area contributed by atoms with Crippen molar-refractivity contribution < 1.29 is 4.74 Å². The van der Waals surface area contributed by atoms with Gasteiger partial charge in [-0.15, -0.1) is 0 Å². The van der Waals surface area contributed by atoms with Gasteiger partial charge in [0.2, 0.25) is 0 Å². The molecule has 1 saturated heterocycles. The zero-order valence-corrected chi connectivity index (χ0v) is 10.6. The van der Waals surface area contributed by atoms with Crippen LogP contribution in [-0.4, -0.2) is 31.3 Å². The molecule has 1 aromatic rings. The molecule has 0 saturated carbocycles.